The van der Waals surface area contributed by atoms with Crippen LogP contribution < -0.4 is 5.32 Å². The molecule has 0 atom stereocenters. The zero-order valence-corrected chi connectivity index (χ0v) is 19.9. The van der Waals surface area contributed by atoms with Gasteiger partial charge in [-0.2, -0.15) is 0 Å². The maximum absolute atomic E-state index is 13.7. The summed E-state index contributed by atoms with van der Waals surface area (Å²) in [5.74, 6) is 5.93. The molecule has 1 aromatic heterocycles. The Morgan fingerprint density at radius 3 is 2.29 bits per heavy atom. The van der Waals surface area contributed by atoms with E-state index in [0.29, 0.717) is 16.5 Å². The normalized spacial score (nSPS) is 29.0. The number of carbonyl (C=O) groups excluding carboxylic acids is 1. The highest BCUT2D eigenvalue weighted by atomic mass is 32.1. The van der Waals surface area contributed by atoms with Crippen molar-refractivity contribution < 1.29 is 19.8 Å². The minimum atomic E-state index is -1.05. The monoisotopic (exact) mass is 445 g/mol. The van der Waals surface area contributed by atoms with E-state index in [4.69, 9.17) is 0 Å². The maximum Gasteiger partial charge on any atom is 0.348 e. The van der Waals surface area contributed by atoms with Crippen LogP contribution in [0.2, 0.25) is 0 Å². The molecule has 1 aromatic rings. The fourth-order valence-corrected chi connectivity index (χ4v) is 5.73. The van der Waals surface area contributed by atoms with E-state index in [1.807, 2.05) is 20.8 Å². The van der Waals surface area contributed by atoms with Gasteiger partial charge < -0.3 is 15.5 Å². The van der Waals surface area contributed by atoms with Gasteiger partial charge in [-0.1, -0.05) is 18.8 Å². The second-order valence-corrected chi connectivity index (χ2v) is 11.5. The van der Waals surface area contributed by atoms with Crippen LogP contribution in [0.1, 0.15) is 93.6 Å². The molecular formula is C25H35NO4S. The summed E-state index contributed by atoms with van der Waals surface area (Å²) in [6.45, 7) is 8.24. The van der Waals surface area contributed by atoms with Crippen LogP contribution in [0.25, 0.3) is 0 Å². The summed E-state index contributed by atoms with van der Waals surface area (Å²) < 4.78 is 0. The molecule has 3 rings (SSSR count). The Kier molecular flexibility index (Phi) is 7.18. The fraction of sp³-hybridized carbons (Fsp3) is 0.680. The van der Waals surface area contributed by atoms with Crippen LogP contribution in [0.4, 0.5) is 5.69 Å². The van der Waals surface area contributed by atoms with Gasteiger partial charge in [0.1, 0.15) is 4.88 Å². The average Bonchev–Trinajstić information content (AvgIpc) is 3.10. The third kappa shape index (κ3) is 5.70. The van der Waals surface area contributed by atoms with E-state index in [9.17, 15) is 19.8 Å². The number of nitrogens with one attached hydrogen (secondary N) is 1. The number of carboxylic acids is 1. The molecule has 0 unspecified atom stereocenters. The Labute approximate surface area is 189 Å². The number of rotatable bonds is 4. The van der Waals surface area contributed by atoms with Gasteiger partial charge in [0.25, 0.3) is 0 Å². The molecule has 0 aromatic carbocycles. The van der Waals surface area contributed by atoms with Gasteiger partial charge in [0.05, 0.1) is 22.1 Å². The van der Waals surface area contributed by atoms with Gasteiger partial charge in [0.2, 0.25) is 5.91 Å². The first-order valence-electron chi connectivity index (χ1n) is 11.4. The molecule has 3 N–H and O–H groups in total. The van der Waals surface area contributed by atoms with E-state index in [-0.39, 0.29) is 28.2 Å². The molecule has 0 saturated heterocycles. The maximum atomic E-state index is 13.7. The SMILES string of the molecule is CC(C)(C)C#Cc1cc(NC(=O)[C@]2(C3CCC(O)CC3)CC[C@@H](C)CC2)c(C(=O)O)s1. The first-order chi connectivity index (χ1) is 14.5. The van der Waals surface area contributed by atoms with Crippen molar-refractivity contribution in [1.82, 2.24) is 0 Å². The molecule has 2 fully saturated rings. The van der Waals surface area contributed by atoms with E-state index in [1.165, 1.54) is 0 Å². The second-order valence-electron chi connectivity index (χ2n) is 10.5. The molecule has 6 heteroatoms. The summed E-state index contributed by atoms with van der Waals surface area (Å²) in [5.41, 5.74) is -0.318. The third-order valence-corrected chi connectivity index (χ3v) is 7.87. The van der Waals surface area contributed by atoms with E-state index < -0.39 is 11.4 Å². The van der Waals surface area contributed by atoms with Crippen LogP contribution in [-0.4, -0.2) is 28.2 Å². The first kappa shape index (κ1) is 23.8. The molecule has 0 bridgehead atoms. The predicted octanol–water partition coefficient (Wildman–Crippen LogP) is 5.53. The molecule has 0 aliphatic heterocycles. The zero-order valence-electron chi connectivity index (χ0n) is 19.1. The quantitative estimate of drug-likeness (QED) is 0.532. The molecule has 170 valence electrons. The zero-order chi connectivity index (χ0) is 22.8. The summed E-state index contributed by atoms with van der Waals surface area (Å²) in [5, 5.41) is 22.6. The minimum Gasteiger partial charge on any atom is -0.477 e. The minimum absolute atomic E-state index is 0.0589. The van der Waals surface area contributed by atoms with E-state index >= 15 is 0 Å². The molecule has 0 radical (unpaired) electrons. The van der Waals surface area contributed by atoms with Crippen LogP contribution >= 0.6 is 11.3 Å². The molecular weight excluding hydrogens is 410 g/mol. The van der Waals surface area contributed by atoms with Crippen molar-refractivity contribution in [2.24, 2.45) is 22.7 Å². The highest BCUT2D eigenvalue weighted by molar-refractivity contribution is 7.15. The number of aliphatic hydroxyl groups is 1. The van der Waals surface area contributed by atoms with Crippen molar-refractivity contribution in [3.05, 3.63) is 15.8 Å². The number of thiophene rings is 1. The summed E-state index contributed by atoms with van der Waals surface area (Å²) in [6, 6.07) is 1.70. The Morgan fingerprint density at radius 1 is 1.13 bits per heavy atom. The van der Waals surface area contributed by atoms with Gasteiger partial charge >= 0.3 is 5.97 Å². The number of aromatic carboxylic acids is 1. The lowest BCUT2D eigenvalue weighted by molar-refractivity contribution is -0.133. The second kappa shape index (κ2) is 9.34. The van der Waals surface area contributed by atoms with Gasteiger partial charge in [-0.05, 0) is 90.0 Å². The lowest BCUT2D eigenvalue weighted by Crippen LogP contribution is -2.46. The molecule has 5 nitrogen and oxygen atoms in total. The number of hydrogen-bond donors (Lipinski definition) is 3. The smallest absolute Gasteiger partial charge is 0.348 e. The van der Waals surface area contributed by atoms with Crippen molar-refractivity contribution in [3.8, 4) is 11.8 Å². The van der Waals surface area contributed by atoms with Gasteiger partial charge in [0.15, 0.2) is 0 Å². The van der Waals surface area contributed by atoms with E-state index in [1.54, 1.807) is 6.07 Å². The van der Waals surface area contributed by atoms with E-state index in [0.717, 1.165) is 62.7 Å². The van der Waals surface area contributed by atoms with Gasteiger partial charge in [-0.3, -0.25) is 4.79 Å². The number of aliphatic hydroxyl groups excluding tert-OH is 1. The van der Waals surface area contributed by atoms with Gasteiger partial charge in [-0.15, -0.1) is 11.3 Å². The summed E-state index contributed by atoms with van der Waals surface area (Å²) in [7, 11) is 0. The Bertz CT molecular complexity index is 870. The van der Waals surface area contributed by atoms with Crippen LogP contribution in [-0.2, 0) is 4.79 Å². The number of carbonyl (C=O) groups is 2. The summed E-state index contributed by atoms with van der Waals surface area (Å²) >= 11 is 1.11. The predicted molar refractivity (Wildman–Crippen MR) is 124 cm³/mol. The molecule has 2 saturated carbocycles. The number of amides is 1. The molecule has 31 heavy (non-hydrogen) atoms. The molecule has 1 heterocycles. The van der Waals surface area contributed by atoms with Crippen molar-refractivity contribution in [2.75, 3.05) is 5.32 Å². The number of anilines is 1. The molecule has 2 aliphatic rings. The standard InChI is InChI=1S/C25H35NO4S/c1-16-9-13-25(14-10-16,17-5-7-18(27)8-6-17)23(30)26-20-15-19(11-12-24(2,3)4)31-21(20)22(28)29/h15-18,27H,5-10,13-14H2,1-4H3,(H,26,30)(H,28,29)/t16-,17?,18?,25-. The molecule has 1 amide bonds. The average molecular weight is 446 g/mol. The molecule has 2 aliphatic carbocycles. The summed E-state index contributed by atoms with van der Waals surface area (Å²) in [6.07, 6.45) is 6.56. The van der Waals surface area contributed by atoms with Gasteiger partial charge in [-0.25, -0.2) is 4.79 Å². The third-order valence-electron chi connectivity index (χ3n) is 6.83. The van der Waals surface area contributed by atoms with Gasteiger partial charge in [0, 0.05) is 5.41 Å². The lowest BCUT2D eigenvalue weighted by Gasteiger charge is -2.46. The summed E-state index contributed by atoms with van der Waals surface area (Å²) in [4.78, 5) is 26.3. The van der Waals surface area contributed by atoms with E-state index in [2.05, 4.69) is 24.1 Å². The Morgan fingerprint density at radius 2 is 1.74 bits per heavy atom. The van der Waals surface area contributed by atoms with Crippen LogP contribution in [0.15, 0.2) is 6.07 Å². The highest BCUT2D eigenvalue weighted by Crippen LogP contribution is 2.50. The van der Waals surface area contributed by atoms with Crippen molar-refractivity contribution in [3.63, 3.8) is 0 Å². The van der Waals surface area contributed by atoms with Crippen LogP contribution in [0.5, 0.6) is 0 Å². The van der Waals surface area contributed by atoms with Crippen LogP contribution in [0, 0.1) is 34.5 Å². The number of hydrogen-bond acceptors (Lipinski definition) is 4. The first-order valence-corrected chi connectivity index (χ1v) is 12.2. The lowest BCUT2D eigenvalue weighted by atomic mass is 9.59. The molecule has 0 spiro atoms. The Hall–Kier alpha value is -1.84. The fourth-order valence-electron chi connectivity index (χ4n) is 4.93. The number of carboxylic acid groups (broad SMARTS) is 1. The van der Waals surface area contributed by atoms with Crippen molar-refractivity contribution >= 4 is 28.9 Å². The van der Waals surface area contributed by atoms with Crippen molar-refractivity contribution in [1.29, 1.82) is 0 Å². The highest BCUT2D eigenvalue weighted by Gasteiger charge is 2.48. The van der Waals surface area contributed by atoms with Crippen molar-refractivity contribution in [2.45, 2.75) is 85.2 Å². The topological polar surface area (TPSA) is 86.6 Å². The largest absolute Gasteiger partial charge is 0.477 e. The Balaban J connectivity index is 1.88. The van der Waals surface area contributed by atoms with Crippen LogP contribution in [0.3, 0.4) is 0 Å².